The van der Waals surface area contributed by atoms with Gasteiger partial charge < -0.3 is 9.47 Å². The third-order valence-corrected chi connectivity index (χ3v) is 5.67. The summed E-state index contributed by atoms with van der Waals surface area (Å²) < 4.78 is 11.7. The number of hydrogen-bond acceptors (Lipinski definition) is 6. The number of aliphatic imine (C=N–C) groups is 1. The van der Waals surface area contributed by atoms with Crippen LogP contribution in [0.15, 0.2) is 64.2 Å². The van der Waals surface area contributed by atoms with Crippen LogP contribution in [0.25, 0.3) is 6.08 Å². The molecule has 0 fully saturated rings. The lowest BCUT2D eigenvalue weighted by atomic mass is 10.1. The van der Waals surface area contributed by atoms with Crippen molar-refractivity contribution in [1.29, 1.82) is 5.41 Å². The zero-order chi connectivity index (χ0) is 21.8. The van der Waals surface area contributed by atoms with Crippen molar-refractivity contribution in [3.05, 3.63) is 65.2 Å². The van der Waals surface area contributed by atoms with Crippen LogP contribution in [0.3, 0.4) is 0 Å². The summed E-state index contributed by atoms with van der Waals surface area (Å²) in [6, 6.07) is 15.3. The van der Waals surface area contributed by atoms with Crippen LogP contribution in [0.5, 0.6) is 11.5 Å². The van der Waals surface area contributed by atoms with E-state index in [0.29, 0.717) is 35.4 Å². The number of benzene rings is 2. The third-order valence-electron chi connectivity index (χ3n) is 4.61. The van der Waals surface area contributed by atoms with Gasteiger partial charge in [0.25, 0.3) is 5.91 Å². The van der Waals surface area contributed by atoms with Crippen LogP contribution >= 0.6 is 11.8 Å². The van der Waals surface area contributed by atoms with Crippen molar-refractivity contribution in [2.24, 2.45) is 10.1 Å². The predicted molar refractivity (Wildman–Crippen MR) is 124 cm³/mol. The van der Waals surface area contributed by atoms with Gasteiger partial charge in [-0.25, -0.2) is 0 Å². The standard InChI is InChI=1S/C23H22N4O3S/c1-3-20-26-27-21(24)17(22(28)25-23(27)31-20)12-16-10-11-18(19(13-16)29-4-2)30-14-15-8-6-5-7-9-15/h5-13,24H,3-4,14H2,1-2H3. The van der Waals surface area contributed by atoms with Gasteiger partial charge in [0.15, 0.2) is 17.3 Å². The fraction of sp³-hybridized carbons (Fsp3) is 0.217. The van der Waals surface area contributed by atoms with Crippen LogP contribution in [0, 0.1) is 5.41 Å². The Balaban J connectivity index is 1.59. The van der Waals surface area contributed by atoms with Gasteiger partial charge in [-0.15, -0.1) is 0 Å². The highest BCUT2D eigenvalue weighted by Gasteiger charge is 2.35. The van der Waals surface area contributed by atoms with Gasteiger partial charge in [0, 0.05) is 0 Å². The van der Waals surface area contributed by atoms with Crippen molar-refractivity contribution in [3.8, 4) is 11.5 Å². The van der Waals surface area contributed by atoms with Crippen molar-refractivity contribution >= 4 is 39.8 Å². The molecule has 0 saturated carbocycles. The fourth-order valence-corrected chi connectivity index (χ4v) is 3.90. The van der Waals surface area contributed by atoms with Gasteiger partial charge in [-0.3, -0.25) is 10.2 Å². The number of nitrogens with one attached hydrogen (secondary N) is 1. The number of thioether (sulfide) groups is 1. The summed E-state index contributed by atoms with van der Waals surface area (Å²) in [5, 5.41) is 15.5. The van der Waals surface area contributed by atoms with E-state index in [1.165, 1.54) is 16.8 Å². The number of nitrogens with zero attached hydrogens (tertiary/aromatic N) is 3. The topological polar surface area (TPSA) is 87.3 Å². The first-order valence-corrected chi connectivity index (χ1v) is 10.8. The Labute approximate surface area is 185 Å². The molecular weight excluding hydrogens is 412 g/mol. The molecule has 1 N–H and O–H groups in total. The molecule has 2 aromatic carbocycles. The van der Waals surface area contributed by atoms with E-state index in [2.05, 4.69) is 10.1 Å². The Kier molecular flexibility index (Phi) is 6.18. The summed E-state index contributed by atoms with van der Waals surface area (Å²) in [5.74, 6) is 0.771. The van der Waals surface area contributed by atoms with Crippen LogP contribution in [-0.2, 0) is 11.4 Å². The predicted octanol–water partition coefficient (Wildman–Crippen LogP) is 4.69. The molecule has 0 bridgehead atoms. The third kappa shape index (κ3) is 4.54. The van der Waals surface area contributed by atoms with Gasteiger partial charge >= 0.3 is 0 Å². The number of fused-ring (bicyclic) bond motifs is 1. The number of rotatable bonds is 7. The molecule has 0 aliphatic carbocycles. The minimum absolute atomic E-state index is 0.0216. The fourth-order valence-electron chi connectivity index (χ4n) is 3.08. The molecule has 158 valence electrons. The molecule has 2 aliphatic heterocycles. The van der Waals surface area contributed by atoms with Crippen molar-refractivity contribution in [3.63, 3.8) is 0 Å². The average molecular weight is 435 g/mol. The summed E-state index contributed by atoms with van der Waals surface area (Å²) >= 11 is 1.33. The Morgan fingerprint density at radius 3 is 2.65 bits per heavy atom. The molecule has 0 spiro atoms. The minimum atomic E-state index is -0.446. The van der Waals surface area contributed by atoms with Gasteiger partial charge in [-0.1, -0.05) is 43.3 Å². The maximum Gasteiger partial charge on any atom is 0.283 e. The highest BCUT2D eigenvalue weighted by molar-refractivity contribution is 8.26. The molecule has 31 heavy (non-hydrogen) atoms. The molecule has 2 heterocycles. The second-order valence-corrected chi connectivity index (χ2v) is 7.82. The number of hydrogen-bond donors (Lipinski definition) is 1. The van der Waals surface area contributed by atoms with Crippen LogP contribution in [0.2, 0.25) is 0 Å². The average Bonchev–Trinajstić information content (AvgIpc) is 3.20. The summed E-state index contributed by atoms with van der Waals surface area (Å²) in [6.45, 7) is 4.77. The molecule has 0 saturated heterocycles. The lowest BCUT2D eigenvalue weighted by Crippen LogP contribution is -2.35. The van der Waals surface area contributed by atoms with Gasteiger partial charge in [-0.2, -0.15) is 15.1 Å². The molecule has 4 rings (SSSR count). The number of amides is 1. The molecule has 7 nitrogen and oxygen atoms in total. The lowest BCUT2D eigenvalue weighted by molar-refractivity contribution is -0.114. The quantitative estimate of drug-likeness (QED) is 0.639. The Morgan fingerprint density at radius 2 is 1.90 bits per heavy atom. The Hall–Kier alpha value is -3.39. The van der Waals surface area contributed by atoms with Gasteiger partial charge in [0.05, 0.1) is 12.2 Å². The highest BCUT2D eigenvalue weighted by atomic mass is 32.2. The summed E-state index contributed by atoms with van der Waals surface area (Å²) in [4.78, 5) is 16.6. The Bertz CT molecular complexity index is 1110. The van der Waals surface area contributed by atoms with Crippen LogP contribution < -0.4 is 9.47 Å². The molecule has 2 aliphatic rings. The van der Waals surface area contributed by atoms with E-state index in [1.807, 2.05) is 56.3 Å². The summed E-state index contributed by atoms with van der Waals surface area (Å²) in [6.07, 6.45) is 2.36. The van der Waals surface area contributed by atoms with Crippen molar-refractivity contribution in [2.45, 2.75) is 26.9 Å². The first-order valence-electron chi connectivity index (χ1n) is 10.0. The Morgan fingerprint density at radius 1 is 1.10 bits per heavy atom. The zero-order valence-corrected chi connectivity index (χ0v) is 18.1. The number of carbonyl (C=O) groups excluding carboxylic acids is 1. The molecule has 0 aromatic heterocycles. The van der Waals surface area contributed by atoms with Crippen molar-refractivity contribution in [2.75, 3.05) is 6.61 Å². The van der Waals surface area contributed by atoms with E-state index in [1.54, 1.807) is 12.1 Å². The largest absolute Gasteiger partial charge is 0.490 e. The van der Waals surface area contributed by atoms with E-state index in [9.17, 15) is 4.79 Å². The molecule has 0 radical (unpaired) electrons. The second kappa shape index (κ2) is 9.18. The number of carbonyl (C=O) groups is 1. The normalized spacial score (nSPS) is 16.8. The molecule has 2 aromatic rings. The SMILES string of the molecule is CCOc1cc(C=C2C(=N)N3N=C(CC)SC3=NC2=O)ccc1OCc1ccccc1. The lowest BCUT2D eigenvalue weighted by Gasteiger charge is -2.20. The van der Waals surface area contributed by atoms with Crippen LogP contribution in [-0.4, -0.2) is 33.6 Å². The van der Waals surface area contributed by atoms with Crippen LogP contribution in [0.1, 0.15) is 31.4 Å². The number of hydrazone groups is 1. The van der Waals surface area contributed by atoms with E-state index in [-0.39, 0.29) is 11.4 Å². The van der Waals surface area contributed by atoms with Gasteiger partial charge in [-0.05, 0) is 54.4 Å². The summed E-state index contributed by atoms with van der Waals surface area (Å²) in [7, 11) is 0. The smallest absolute Gasteiger partial charge is 0.283 e. The number of amidine groups is 2. The second-order valence-electron chi connectivity index (χ2n) is 6.78. The van der Waals surface area contributed by atoms with Crippen molar-refractivity contribution < 1.29 is 14.3 Å². The van der Waals surface area contributed by atoms with E-state index in [4.69, 9.17) is 14.9 Å². The highest BCUT2D eigenvalue weighted by Crippen LogP contribution is 2.32. The minimum Gasteiger partial charge on any atom is -0.490 e. The molecule has 0 atom stereocenters. The molecule has 1 amide bonds. The van der Waals surface area contributed by atoms with E-state index >= 15 is 0 Å². The molecule has 0 unspecified atom stereocenters. The number of ether oxygens (including phenoxy) is 2. The molecular formula is C23H22N4O3S. The van der Waals surface area contributed by atoms with Gasteiger partial charge in [0.2, 0.25) is 5.17 Å². The van der Waals surface area contributed by atoms with E-state index in [0.717, 1.165) is 17.0 Å². The first-order chi connectivity index (χ1) is 15.1. The van der Waals surface area contributed by atoms with Gasteiger partial charge in [0.1, 0.15) is 11.7 Å². The summed E-state index contributed by atoms with van der Waals surface area (Å²) in [5.41, 5.74) is 1.96. The first kappa shape index (κ1) is 20.9. The maximum atomic E-state index is 12.5. The van der Waals surface area contributed by atoms with Crippen LogP contribution in [0.4, 0.5) is 0 Å². The molecule has 8 heteroatoms. The zero-order valence-electron chi connectivity index (χ0n) is 17.3. The van der Waals surface area contributed by atoms with E-state index < -0.39 is 5.91 Å². The maximum absolute atomic E-state index is 12.5. The monoisotopic (exact) mass is 434 g/mol. The van der Waals surface area contributed by atoms with Crippen molar-refractivity contribution in [1.82, 2.24) is 5.01 Å².